The number of rotatable bonds is 7. The maximum absolute atomic E-state index is 15.4. The Morgan fingerprint density at radius 1 is 0.737 bits per heavy atom. The van der Waals surface area contributed by atoms with Crippen LogP contribution in [0.25, 0.3) is 0 Å². The monoisotopic (exact) mass is 810 g/mol. The minimum absolute atomic E-state index is 0.0375. The van der Waals surface area contributed by atoms with E-state index in [4.69, 9.17) is 18.9 Å². The van der Waals surface area contributed by atoms with Gasteiger partial charge in [-0.2, -0.15) is 0 Å². The molecule has 5 aliphatic carbocycles. The standard InChI is InChI=1S/C42H66O15/c1-19-9-14-41(36(51)52)15-16-42(37(53)57-35-33(50)31(48)29(46)23(18-44)55-35)21(27(41)20(19)2)7-8-25-39(5)12-11-26(38(3,4)24(39)10-13-40(25,42)6)56-34-32(49)30(47)28(45)22(17-43)54-34/h7,19-20,22-35,43-50H,8-18H2,1-6H3,(H,51,52)/t19-,20+,22-,23-,24-,25-,26+,27-,28-,29-,30+,31+,32-,33-,34+,35+,39+,40-,41+,42-/m1/s1. The average Bonchev–Trinajstić information content (AvgIpc) is 3.16. The molecule has 0 aromatic carbocycles. The second-order valence-electron chi connectivity index (χ2n) is 20.0. The lowest BCUT2D eigenvalue weighted by molar-refractivity contribution is -0.330. The molecule has 324 valence electrons. The van der Waals surface area contributed by atoms with Crippen LogP contribution in [0.5, 0.6) is 0 Å². The van der Waals surface area contributed by atoms with Crippen LogP contribution in [0.15, 0.2) is 11.6 Å². The number of hydrogen-bond donors (Lipinski definition) is 9. The van der Waals surface area contributed by atoms with Gasteiger partial charge in [0.2, 0.25) is 6.29 Å². The van der Waals surface area contributed by atoms with E-state index in [9.17, 15) is 50.8 Å². The Bertz CT molecular complexity index is 1570. The molecule has 0 amide bonds. The van der Waals surface area contributed by atoms with Gasteiger partial charge in [0, 0.05) is 0 Å². The lowest BCUT2D eigenvalue weighted by atomic mass is 9.33. The zero-order chi connectivity index (χ0) is 41.8. The molecule has 2 heterocycles. The fraction of sp³-hybridized carbons (Fsp3) is 0.905. The molecule has 2 saturated heterocycles. The van der Waals surface area contributed by atoms with Crippen molar-refractivity contribution in [3.63, 3.8) is 0 Å². The number of aliphatic hydroxyl groups excluding tert-OH is 8. The van der Waals surface area contributed by atoms with Crippen LogP contribution >= 0.6 is 0 Å². The van der Waals surface area contributed by atoms with Gasteiger partial charge in [0.25, 0.3) is 0 Å². The molecule has 15 nitrogen and oxygen atoms in total. The molecule has 4 saturated carbocycles. The zero-order valence-corrected chi connectivity index (χ0v) is 34.1. The summed E-state index contributed by atoms with van der Waals surface area (Å²) in [6, 6.07) is 0. The number of esters is 1. The number of carbonyl (C=O) groups is 2. The summed E-state index contributed by atoms with van der Waals surface area (Å²) in [7, 11) is 0. The highest BCUT2D eigenvalue weighted by molar-refractivity contribution is 5.85. The van der Waals surface area contributed by atoms with Gasteiger partial charge in [-0.1, -0.05) is 53.2 Å². The number of allylic oxidation sites excluding steroid dienone is 1. The van der Waals surface area contributed by atoms with E-state index >= 15 is 4.79 Å². The van der Waals surface area contributed by atoms with Crippen molar-refractivity contribution < 1.29 is 74.5 Å². The lowest BCUT2D eigenvalue weighted by Crippen LogP contribution is -2.69. The van der Waals surface area contributed by atoms with E-state index < -0.39 is 120 Å². The number of aliphatic hydroxyl groups is 8. The number of carboxylic acid groups (broad SMARTS) is 1. The smallest absolute Gasteiger partial charge is 0.319 e. The van der Waals surface area contributed by atoms with Gasteiger partial charge in [0.05, 0.1) is 30.1 Å². The minimum atomic E-state index is -1.80. The van der Waals surface area contributed by atoms with Crippen LogP contribution < -0.4 is 0 Å². The first-order valence-electron chi connectivity index (χ1n) is 21.1. The Hall–Kier alpha value is -1.76. The van der Waals surface area contributed by atoms with E-state index in [0.29, 0.717) is 38.5 Å². The summed E-state index contributed by atoms with van der Waals surface area (Å²) in [6.45, 7) is 11.6. The lowest BCUT2D eigenvalue weighted by Gasteiger charge is -2.71. The van der Waals surface area contributed by atoms with Gasteiger partial charge in [-0.25, -0.2) is 0 Å². The van der Waals surface area contributed by atoms with Gasteiger partial charge in [0.1, 0.15) is 48.8 Å². The Kier molecular flexibility index (Phi) is 11.4. The van der Waals surface area contributed by atoms with Gasteiger partial charge >= 0.3 is 11.9 Å². The Labute approximate surface area is 334 Å². The van der Waals surface area contributed by atoms with E-state index in [1.165, 1.54) is 0 Å². The molecule has 2 aliphatic heterocycles. The van der Waals surface area contributed by atoms with Crippen molar-refractivity contribution in [1.29, 1.82) is 0 Å². The van der Waals surface area contributed by atoms with Crippen molar-refractivity contribution in [3.05, 3.63) is 11.6 Å². The first-order valence-corrected chi connectivity index (χ1v) is 21.1. The van der Waals surface area contributed by atoms with Crippen LogP contribution in [-0.4, -0.2) is 139 Å². The molecular weight excluding hydrogens is 744 g/mol. The van der Waals surface area contributed by atoms with Crippen molar-refractivity contribution in [2.45, 2.75) is 167 Å². The topological polar surface area (TPSA) is 253 Å². The largest absolute Gasteiger partial charge is 0.481 e. The molecule has 20 atom stereocenters. The molecule has 0 radical (unpaired) electrons. The number of hydrogen-bond acceptors (Lipinski definition) is 14. The van der Waals surface area contributed by atoms with Crippen LogP contribution in [0.4, 0.5) is 0 Å². The minimum Gasteiger partial charge on any atom is -0.481 e. The van der Waals surface area contributed by atoms with E-state index in [1.54, 1.807) is 0 Å². The van der Waals surface area contributed by atoms with Crippen LogP contribution in [-0.2, 0) is 28.5 Å². The van der Waals surface area contributed by atoms with Crippen LogP contribution in [0.3, 0.4) is 0 Å². The van der Waals surface area contributed by atoms with E-state index in [0.717, 1.165) is 12.0 Å². The molecule has 15 heteroatoms. The molecule has 7 aliphatic rings. The van der Waals surface area contributed by atoms with E-state index in [2.05, 4.69) is 47.6 Å². The predicted octanol–water partition coefficient (Wildman–Crippen LogP) is 1.24. The Balaban J connectivity index is 1.27. The second kappa shape index (κ2) is 15.0. The van der Waals surface area contributed by atoms with Gasteiger partial charge in [0.15, 0.2) is 6.29 Å². The van der Waals surface area contributed by atoms with Crippen molar-refractivity contribution >= 4 is 11.9 Å². The highest BCUT2D eigenvalue weighted by Gasteiger charge is 2.74. The molecule has 57 heavy (non-hydrogen) atoms. The second-order valence-corrected chi connectivity index (χ2v) is 20.0. The van der Waals surface area contributed by atoms with Crippen LogP contribution in [0.1, 0.15) is 99.3 Å². The molecular formula is C42H66O15. The number of carboxylic acids is 1. The highest BCUT2D eigenvalue weighted by atomic mass is 16.7. The molecule has 0 spiro atoms. The Morgan fingerprint density at radius 2 is 1.33 bits per heavy atom. The van der Waals surface area contributed by atoms with Crippen molar-refractivity contribution in [3.8, 4) is 0 Å². The number of carbonyl (C=O) groups excluding carboxylic acids is 1. The number of aliphatic carboxylic acids is 1. The quantitative estimate of drug-likeness (QED) is 0.0997. The summed E-state index contributed by atoms with van der Waals surface area (Å²) in [6.07, 6.45) is -8.78. The van der Waals surface area contributed by atoms with Gasteiger partial charge < -0.3 is 64.9 Å². The summed E-state index contributed by atoms with van der Waals surface area (Å²) >= 11 is 0. The fourth-order valence-electron chi connectivity index (χ4n) is 13.9. The molecule has 7 rings (SSSR count). The molecule has 0 aromatic rings. The first kappa shape index (κ1) is 43.3. The van der Waals surface area contributed by atoms with Gasteiger partial charge in [-0.3, -0.25) is 9.59 Å². The summed E-state index contributed by atoms with van der Waals surface area (Å²) < 4.78 is 24.1. The summed E-state index contributed by atoms with van der Waals surface area (Å²) in [5.41, 5.74) is -3.29. The third-order valence-corrected chi connectivity index (χ3v) is 17.4. The maximum Gasteiger partial charge on any atom is 0.319 e. The Morgan fingerprint density at radius 3 is 1.93 bits per heavy atom. The fourth-order valence-corrected chi connectivity index (χ4v) is 13.9. The number of fused-ring (bicyclic) bond motifs is 7. The highest BCUT2D eigenvalue weighted by Crippen LogP contribution is 2.76. The number of ether oxygens (including phenoxy) is 4. The zero-order valence-electron chi connectivity index (χ0n) is 34.1. The molecule has 9 N–H and O–H groups in total. The van der Waals surface area contributed by atoms with Crippen LogP contribution in [0.2, 0.25) is 0 Å². The van der Waals surface area contributed by atoms with Gasteiger partial charge in [-0.15, -0.1) is 0 Å². The average molecular weight is 811 g/mol. The summed E-state index contributed by atoms with van der Waals surface area (Å²) in [5.74, 6) is -1.94. The molecule has 0 unspecified atom stereocenters. The van der Waals surface area contributed by atoms with Crippen molar-refractivity contribution in [2.75, 3.05) is 13.2 Å². The predicted molar refractivity (Wildman–Crippen MR) is 199 cm³/mol. The van der Waals surface area contributed by atoms with Crippen LogP contribution in [0, 0.1) is 56.7 Å². The van der Waals surface area contributed by atoms with E-state index in [-0.39, 0.29) is 41.9 Å². The van der Waals surface area contributed by atoms with E-state index in [1.807, 2.05) is 0 Å². The third-order valence-electron chi connectivity index (χ3n) is 17.4. The van der Waals surface area contributed by atoms with Crippen molar-refractivity contribution in [2.24, 2.45) is 56.7 Å². The first-order chi connectivity index (χ1) is 26.7. The normalized spacial score (nSPS) is 53.3. The van der Waals surface area contributed by atoms with Gasteiger partial charge in [-0.05, 0) is 104 Å². The van der Waals surface area contributed by atoms with Crippen molar-refractivity contribution in [1.82, 2.24) is 0 Å². The maximum atomic E-state index is 15.4. The summed E-state index contributed by atoms with van der Waals surface area (Å²) in [5, 5.41) is 94.6. The molecule has 0 bridgehead atoms. The molecule has 6 fully saturated rings. The SMILES string of the molecule is C[C@H]1[C@H](C)CC[C@]2(C(=O)O)CC[C@]3(C(=O)O[C@@H]4O[C@H](CO)[C@@H](O)[C@H](O)[C@H]4O)C(=CC[C@@H]4[C@@]5(C)CC[C@H](O[C@@H]6O[C@H](CO)[C@@H](O)[C@H](O)[C@H]6O)C(C)(C)[C@H]5CC[C@]43C)[C@@H]12. The molecule has 0 aromatic heterocycles. The third kappa shape index (κ3) is 6.14. The summed E-state index contributed by atoms with van der Waals surface area (Å²) in [4.78, 5) is 28.8.